The van der Waals surface area contributed by atoms with Crippen molar-refractivity contribution >= 4 is 22.7 Å². The minimum absolute atomic E-state index is 0.0120. The lowest BCUT2D eigenvalue weighted by Crippen LogP contribution is -2.42. The van der Waals surface area contributed by atoms with Crippen LogP contribution in [0.15, 0.2) is 23.0 Å². The number of nitrogens with one attached hydrogen (secondary N) is 2. The fourth-order valence-corrected chi connectivity index (χ4v) is 3.48. The Hall–Kier alpha value is -3.03. The summed E-state index contributed by atoms with van der Waals surface area (Å²) >= 11 is 0. The summed E-state index contributed by atoms with van der Waals surface area (Å²) in [4.78, 5) is 42.1. The van der Waals surface area contributed by atoms with E-state index in [1.807, 2.05) is 20.8 Å². The van der Waals surface area contributed by atoms with E-state index in [9.17, 15) is 14.4 Å². The predicted octanol–water partition coefficient (Wildman–Crippen LogP) is 2.46. The first kappa shape index (κ1) is 21.7. The van der Waals surface area contributed by atoms with E-state index in [0.717, 1.165) is 32.4 Å². The number of carbonyl (C=O) groups excluding carboxylic acids is 2. The molecule has 1 aromatic carbocycles. The molecule has 0 spiro atoms. The number of H-pyrrole nitrogens is 1. The van der Waals surface area contributed by atoms with Crippen LogP contribution in [0.2, 0.25) is 0 Å². The number of hydrogen-bond donors (Lipinski definition) is 2. The maximum absolute atomic E-state index is 12.6. The lowest BCUT2D eigenvalue weighted by Gasteiger charge is -2.26. The number of fused-ring (bicyclic) bond motifs is 1. The highest BCUT2D eigenvalue weighted by molar-refractivity contribution is 5.99. The van der Waals surface area contributed by atoms with Gasteiger partial charge in [0.05, 0.1) is 12.6 Å². The van der Waals surface area contributed by atoms with Gasteiger partial charge < -0.3 is 24.7 Å². The number of amides is 2. The number of rotatable bonds is 5. The van der Waals surface area contributed by atoms with Crippen LogP contribution in [0.3, 0.4) is 0 Å². The van der Waals surface area contributed by atoms with Crippen LogP contribution in [-0.4, -0.2) is 54.0 Å². The number of ether oxygens (including phenoxy) is 2. The molecule has 2 N–H and O–H groups in total. The zero-order valence-corrected chi connectivity index (χ0v) is 18.0. The van der Waals surface area contributed by atoms with E-state index in [-0.39, 0.29) is 23.8 Å². The highest BCUT2D eigenvalue weighted by atomic mass is 16.5. The molecule has 1 aliphatic rings. The molecule has 1 fully saturated rings. The summed E-state index contributed by atoms with van der Waals surface area (Å²) in [5, 5.41) is 3.40. The Kier molecular flexibility index (Phi) is 6.34. The van der Waals surface area contributed by atoms with Crippen LogP contribution in [0.25, 0.3) is 10.9 Å². The Morgan fingerprint density at radius 3 is 2.50 bits per heavy atom. The van der Waals surface area contributed by atoms with Gasteiger partial charge in [-0.05, 0) is 58.2 Å². The van der Waals surface area contributed by atoms with E-state index in [4.69, 9.17) is 9.47 Å². The molecule has 8 nitrogen and oxygen atoms in total. The lowest BCUT2D eigenvalue weighted by molar-refractivity contribution is -0.134. The van der Waals surface area contributed by atoms with Crippen molar-refractivity contribution < 1.29 is 19.1 Å². The molecule has 30 heavy (non-hydrogen) atoms. The lowest BCUT2D eigenvalue weighted by atomic mass is 10.1. The largest absolute Gasteiger partial charge is 0.493 e. The van der Waals surface area contributed by atoms with Crippen LogP contribution in [0, 0.1) is 0 Å². The van der Waals surface area contributed by atoms with Crippen molar-refractivity contribution in [3.8, 4) is 11.5 Å². The fraction of sp³-hybridized carbons (Fsp3) is 0.500. The fourth-order valence-electron chi connectivity index (χ4n) is 3.48. The minimum Gasteiger partial charge on any atom is -0.493 e. The van der Waals surface area contributed by atoms with E-state index < -0.39 is 17.0 Å². The van der Waals surface area contributed by atoms with Crippen molar-refractivity contribution in [2.75, 3.05) is 26.8 Å². The van der Waals surface area contributed by atoms with Crippen LogP contribution >= 0.6 is 0 Å². The highest BCUT2D eigenvalue weighted by Gasteiger charge is 2.22. The topological polar surface area (TPSA) is 101 Å². The number of carbonyl (C=O) groups is 2. The number of pyridine rings is 1. The number of benzene rings is 1. The average molecular weight is 415 g/mol. The summed E-state index contributed by atoms with van der Waals surface area (Å²) < 4.78 is 11.2. The second kappa shape index (κ2) is 8.77. The van der Waals surface area contributed by atoms with Gasteiger partial charge in [-0.3, -0.25) is 14.4 Å². The molecule has 0 unspecified atom stereocenters. The molecule has 1 saturated heterocycles. The number of hydrogen-bond acceptors (Lipinski definition) is 5. The summed E-state index contributed by atoms with van der Waals surface area (Å²) in [5.74, 6) is 0.123. The zero-order valence-electron chi connectivity index (χ0n) is 18.0. The summed E-state index contributed by atoms with van der Waals surface area (Å²) in [7, 11) is 1.49. The minimum atomic E-state index is -0.537. The van der Waals surface area contributed by atoms with Crippen molar-refractivity contribution in [1.82, 2.24) is 15.2 Å². The Labute approximate surface area is 175 Å². The SMILES string of the molecule is COc1ccc2cc(C(=O)NC(C)(C)C)c(=O)[nH]c2c1OCC(=O)N1CCCCC1. The number of aromatic nitrogens is 1. The van der Waals surface area contributed by atoms with Crippen LogP contribution in [0.1, 0.15) is 50.4 Å². The normalized spacial score (nSPS) is 14.5. The van der Waals surface area contributed by atoms with E-state index >= 15 is 0 Å². The monoisotopic (exact) mass is 415 g/mol. The third-order valence-corrected chi connectivity index (χ3v) is 4.94. The average Bonchev–Trinajstić information content (AvgIpc) is 2.70. The Morgan fingerprint density at radius 2 is 1.87 bits per heavy atom. The maximum Gasteiger partial charge on any atom is 0.261 e. The van der Waals surface area contributed by atoms with Gasteiger partial charge in [0, 0.05) is 24.0 Å². The maximum atomic E-state index is 12.6. The standard InChI is InChI=1S/C22H29N3O5/c1-22(2,3)24-21(28)15-12-14-8-9-16(29-4)19(18(14)23-20(15)27)30-13-17(26)25-10-6-5-7-11-25/h8-9,12H,5-7,10-11,13H2,1-4H3,(H,23,27)(H,24,28). The van der Waals surface area contributed by atoms with Gasteiger partial charge in [-0.15, -0.1) is 0 Å². The number of piperidine rings is 1. The molecule has 2 amide bonds. The van der Waals surface area contributed by atoms with Crippen molar-refractivity contribution in [3.63, 3.8) is 0 Å². The summed E-state index contributed by atoms with van der Waals surface area (Å²) in [6.45, 7) is 6.85. The molecule has 0 atom stereocenters. The number of aromatic amines is 1. The van der Waals surface area contributed by atoms with Crippen molar-refractivity contribution in [3.05, 3.63) is 34.1 Å². The smallest absolute Gasteiger partial charge is 0.261 e. The third-order valence-electron chi connectivity index (χ3n) is 4.94. The quantitative estimate of drug-likeness (QED) is 0.781. The van der Waals surface area contributed by atoms with Crippen molar-refractivity contribution in [2.24, 2.45) is 0 Å². The molecule has 0 bridgehead atoms. The van der Waals surface area contributed by atoms with Gasteiger partial charge in [0.1, 0.15) is 5.56 Å². The van der Waals surface area contributed by atoms with Gasteiger partial charge >= 0.3 is 0 Å². The van der Waals surface area contributed by atoms with E-state index in [0.29, 0.717) is 16.7 Å². The van der Waals surface area contributed by atoms with Crippen LogP contribution in [0.4, 0.5) is 0 Å². The van der Waals surface area contributed by atoms with Crippen LogP contribution in [0.5, 0.6) is 11.5 Å². The second-order valence-electron chi connectivity index (χ2n) is 8.51. The first-order chi connectivity index (χ1) is 14.2. The molecule has 162 valence electrons. The first-order valence-corrected chi connectivity index (χ1v) is 10.2. The summed E-state index contributed by atoms with van der Waals surface area (Å²) in [6, 6.07) is 4.94. The molecule has 0 aliphatic carbocycles. The number of likely N-dealkylation sites (tertiary alicyclic amines) is 1. The van der Waals surface area contributed by atoms with Gasteiger partial charge in [-0.25, -0.2) is 0 Å². The van der Waals surface area contributed by atoms with E-state index in [1.54, 1.807) is 17.0 Å². The summed E-state index contributed by atoms with van der Waals surface area (Å²) in [6.07, 6.45) is 3.13. The van der Waals surface area contributed by atoms with Crippen molar-refractivity contribution in [1.29, 1.82) is 0 Å². The number of nitrogens with zero attached hydrogens (tertiary/aromatic N) is 1. The Bertz CT molecular complexity index is 1000. The molecule has 8 heteroatoms. The predicted molar refractivity (Wildman–Crippen MR) is 114 cm³/mol. The van der Waals surface area contributed by atoms with E-state index in [2.05, 4.69) is 10.3 Å². The Morgan fingerprint density at radius 1 is 1.17 bits per heavy atom. The first-order valence-electron chi connectivity index (χ1n) is 10.2. The van der Waals surface area contributed by atoms with E-state index in [1.165, 1.54) is 13.2 Å². The van der Waals surface area contributed by atoms with Gasteiger partial charge in [0.15, 0.2) is 18.1 Å². The molecule has 1 aliphatic heterocycles. The van der Waals surface area contributed by atoms with Crippen molar-refractivity contribution in [2.45, 2.75) is 45.6 Å². The molecule has 2 heterocycles. The van der Waals surface area contributed by atoms with Crippen LogP contribution in [-0.2, 0) is 4.79 Å². The highest BCUT2D eigenvalue weighted by Crippen LogP contribution is 2.34. The Balaban J connectivity index is 1.91. The van der Waals surface area contributed by atoms with Crippen LogP contribution < -0.4 is 20.3 Å². The zero-order chi connectivity index (χ0) is 21.9. The van der Waals surface area contributed by atoms with Gasteiger partial charge in [0.2, 0.25) is 0 Å². The van der Waals surface area contributed by atoms with Gasteiger partial charge in [-0.2, -0.15) is 0 Å². The molecular weight excluding hydrogens is 386 g/mol. The number of methoxy groups -OCH3 is 1. The summed E-state index contributed by atoms with van der Waals surface area (Å²) in [5.41, 5.74) is -0.609. The van der Waals surface area contributed by atoms with Gasteiger partial charge in [0.25, 0.3) is 17.4 Å². The third kappa shape index (κ3) is 4.93. The molecule has 0 saturated carbocycles. The van der Waals surface area contributed by atoms with Gasteiger partial charge in [-0.1, -0.05) is 0 Å². The second-order valence-corrected chi connectivity index (χ2v) is 8.51. The molecular formula is C22H29N3O5. The molecule has 3 rings (SSSR count). The molecule has 1 aromatic heterocycles. The molecule has 0 radical (unpaired) electrons. The molecule has 2 aromatic rings.